The van der Waals surface area contributed by atoms with Crippen molar-refractivity contribution in [2.24, 2.45) is 0 Å². The van der Waals surface area contributed by atoms with Gasteiger partial charge in [-0.2, -0.15) is 4.98 Å². The van der Waals surface area contributed by atoms with Crippen LogP contribution in [0.15, 0.2) is 46.6 Å². The molecule has 4 rings (SSSR count). The Labute approximate surface area is 174 Å². The van der Waals surface area contributed by atoms with Crippen molar-refractivity contribution in [3.05, 3.63) is 53.6 Å². The number of nitrogens with zero attached hydrogens (tertiary/aromatic N) is 5. The van der Waals surface area contributed by atoms with Gasteiger partial charge in [0.15, 0.2) is 34.6 Å². The summed E-state index contributed by atoms with van der Waals surface area (Å²) in [4.78, 5) is 28.9. The Bertz CT molecular complexity index is 1160. The minimum atomic E-state index is -0.612. The second-order valence-electron chi connectivity index (χ2n) is 5.77. The number of esters is 1. The van der Waals surface area contributed by atoms with E-state index in [4.69, 9.17) is 18.7 Å². The van der Waals surface area contributed by atoms with Crippen LogP contribution in [0, 0.1) is 0 Å². The molecule has 30 heavy (non-hydrogen) atoms. The van der Waals surface area contributed by atoms with E-state index in [1.165, 1.54) is 18.4 Å². The number of carbonyl (C=O) groups is 1. The van der Waals surface area contributed by atoms with Gasteiger partial charge < -0.3 is 18.7 Å². The van der Waals surface area contributed by atoms with Crippen molar-refractivity contribution in [2.75, 3.05) is 14.2 Å². The molecule has 11 heteroatoms. The quantitative estimate of drug-likeness (QED) is 0.408. The summed E-state index contributed by atoms with van der Waals surface area (Å²) in [6.45, 7) is -0.187. The number of rotatable bonds is 7. The molecule has 1 aromatic carbocycles. The summed E-state index contributed by atoms with van der Waals surface area (Å²) in [6, 6.07) is 6.93. The summed E-state index contributed by atoms with van der Waals surface area (Å²) in [6.07, 6.45) is 3.21. The Morgan fingerprint density at radius 1 is 1.07 bits per heavy atom. The zero-order valence-electron chi connectivity index (χ0n) is 15.9. The third-order valence-electron chi connectivity index (χ3n) is 3.91. The smallest absolute Gasteiger partial charge is 0.358 e. The maximum Gasteiger partial charge on any atom is 0.358 e. The van der Waals surface area contributed by atoms with Gasteiger partial charge in [0.1, 0.15) is 0 Å². The van der Waals surface area contributed by atoms with E-state index in [1.54, 1.807) is 49.1 Å². The van der Waals surface area contributed by atoms with Crippen LogP contribution >= 0.6 is 11.3 Å². The third-order valence-corrected chi connectivity index (χ3v) is 4.75. The standard InChI is InChI=1S/C19H15N5O5S/c1-26-13-5-4-11(8-14(13)27-2)16-23-15(29-24-16)9-28-19(25)12-10-30-18(22-12)17-20-6-3-7-21-17/h3-8,10H,9H2,1-2H3. The molecule has 0 spiro atoms. The largest absolute Gasteiger partial charge is 0.493 e. The van der Waals surface area contributed by atoms with Crippen LogP contribution in [0.3, 0.4) is 0 Å². The number of benzene rings is 1. The van der Waals surface area contributed by atoms with Crippen molar-refractivity contribution in [2.45, 2.75) is 6.61 Å². The number of aromatic nitrogens is 5. The van der Waals surface area contributed by atoms with E-state index in [-0.39, 0.29) is 18.2 Å². The van der Waals surface area contributed by atoms with Crippen molar-refractivity contribution in [3.63, 3.8) is 0 Å². The number of carbonyl (C=O) groups excluding carboxylic acids is 1. The minimum absolute atomic E-state index is 0.148. The highest BCUT2D eigenvalue weighted by atomic mass is 32.1. The van der Waals surface area contributed by atoms with Gasteiger partial charge in [-0.25, -0.2) is 19.7 Å². The summed E-state index contributed by atoms with van der Waals surface area (Å²) < 4.78 is 20.9. The summed E-state index contributed by atoms with van der Waals surface area (Å²) >= 11 is 1.25. The molecule has 3 heterocycles. The molecule has 0 fully saturated rings. The molecule has 3 aromatic heterocycles. The fourth-order valence-electron chi connectivity index (χ4n) is 2.49. The predicted octanol–water partition coefficient (Wildman–Crippen LogP) is 3.02. The van der Waals surface area contributed by atoms with Gasteiger partial charge in [-0.1, -0.05) is 5.16 Å². The summed E-state index contributed by atoms with van der Waals surface area (Å²) in [5.41, 5.74) is 0.822. The lowest BCUT2D eigenvalue weighted by Gasteiger charge is -2.07. The van der Waals surface area contributed by atoms with Gasteiger partial charge in [0, 0.05) is 23.3 Å². The van der Waals surface area contributed by atoms with Crippen molar-refractivity contribution in [3.8, 4) is 33.7 Å². The van der Waals surface area contributed by atoms with E-state index < -0.39 is 5.97 Å². The second-order valence-corrected chi connectivity index (χ2v) is 6.63. The Hall–Kier alpha value is -3.86. The molecule has 0 radical (unpaired) electrons. The highest BCUT2D eigenvalue weighted by molar-refractivity contribution is 7.13. The molecule has 0 aliphatic rings. The van der Waals surface area contributed by atoms with E-state index in [0.717, 1.165) is 0 Å². The number of hydrogen-bond acceptors (Lipinski definition) is 11. The monoisotopic (exact) mass is 425 g/mol. The normalized spacial score (nSPS) is 10.6. The fourth-order valence-corrected chi connectivity index (χ4v) is 3.22. The topological polar surface area (TPSA) is 122 Å². The van der Waals surface area contributed by atoms with Gasteiger partial charge >= 0.3 is 5.97 Å². The molecular formula is C19H15N5O5S. The van der Waals surface area contributed by atoms with Gasteiger partial charge in [-0.3, -0.25) is 0 Å². The Morgan fingerprint density at radius 2 is 1.87 bits per heavy atom. The Morgan fingerprint density at radius 3 is 2.63 bits per heavy atom. The first-order valence-electron chi connectivity index (χ1n) is 8.63. The highest BCUT2D eigenvalue weighted by Gasteiger charge is 2.17. The number of ether oxygens (including phenoxy) is 3. The first-order valence-corrected chi connectivity index (χ1v) is 9.51. The zero-order chi connectivity index (χ0) is 20.9. The molecule has 0 aliphatic carbocycles. The fraction of sp³-hybridized carbons (Fsp3) is 0.158. The second kappa shape index (κ2) is 8.66. The van der Waals surface area contributed by atoms with Crippen molar-refractivity contribution >= 4 is 17.3 Å². The predicted molar refractivity (Wildman–Crippen MR) is 105 cm³/mol. The SMILES string of the molecule is COc1ccc(-c2noc(COC(=O)c3csc(-c4ncccn4)n3)n2)cc1OC. The van der Waals surface area contributed by atoms with Crippen LogP contribution in [0.4, 0.5) is 0 Å². The van der Waals surface area contributed by atoms with Crippen molar-refractivity contribution < 1.29 is 23.5 Å². The molecule has 0 saturated carbocycles. The van der Waals surface area contributed by atoms with Gasteiger partial charge in [0.25, 0.3) is 5.89 Å². The lowest BCUT2D eigenvalue weighted by molar-refractivity contribution is 0.0424. The first-order chi connectivity index (χ1) is 14.7. The van der Waals surface area contributed by atoms with E-state index in [9.17, 15) is 4.79 Å². The lowest BCUT2D eigenvalue weighted by Crippen LogP contribution is -2.06. The van der Waals surface area contributed by atoms with E-state index in [0.29, 0.717) is 33.7 Å². The van der Waals surface area contributed by atoms with E-state index in [2.05, 4.69) is 25.1 Å². The zero-order valence-corrected chi connectivity index (χ0v) is 16.8. The van der Waals surface area contributed by atoms with Gasteiger partial charge in [0.05, 0.1) is 14.2 Å². The van der Waals surface area contributed by atoms with Crippen LogP contribution in [0.25, 0.3) is 22.2 Å². The Balaban J connectivity index is 1.41. The molecule has 4 aromatic rings. The van der Waals surface area contributed by atoms with Crippen molar-refractivity contribution in [1.29, 1.82) is 0 Å². The highest BCUT2D eigenvalue weighted by Crippen LogP contribution is 2.31. The number of thiazole rings is 1. The number of methoxy groups -OCH3 is 2. The van der Waals surface area contributed by atoms with Gasteiger partial charge in [-0.15, -0.1) is 11.3 Å². The molecule has 0 amide bonds. The van der Waals surface area contributed by atoms with E-state index in [1.807, 2.05) is 0 Å². The average molecular weight is 425 g/mol. The summed E-state index contributed by atoms with van der Waals surface area (Å²) in [5, 5.41) is 6.01. The van der Waals surface area contributed by atoms with Crippen LogP contribution in [-0.2, 0) is 11.3 Å². The lowest BCUT2D eigenvalue weighted by atomic mass is 10.2. The molecular weight excluding hydrogens is 410 g/mol. The molecule has 0 atom stereocenters. The van der Waals surface area contributed by atoms with Crippen LogP contribution in [0.2, 0.25) is 0 Å². The molecule has 0 N–H and O–H groups in total. The molecule has 152 valence electrons. The van der Waals surface area contributed by atoms with Crippen LogP contribution in [-0.4, -0.2) is 45.3 Å². The van der Waals surface area contributed by atoms with Gasteiger partial charge in [-0.05, 0) is 24.3 Å². The Kier molecular flexibility index (Phi) is 5.61. The molecule has 10 nitrogen and oxygen atoms in total. The molecule has 0 unspecified atom stereocenters. The average Bonchev–Trinajstić information content (AvgIpc) is 3.48. The van der Waals surface area contributed by atoms with Gasteiger partial charge in [0.2, 0.25) is 5.82 Å². The van der Waals surface area contributed by atoms with Crippen LogP contribution in [0.1, 0.15) is 16.4 Å². The first kappa shape index (κ1) is 19.5. The summed E-state index contributed by atoms with van der Waals surface area (Å²) in [7, 11) is 3.09. The summed E-state index contributed by atoms with van der Waals surface area (Å²) in [5.74, 6) is 1.43. The van der Waals surface area contributed by atoms with Crippen LogP contribution in [0.5, 0.6) is 11.5 Å². The maximum atomic E-state index is 12.3. The minimum Gasteiger partial charge on any atom is -0.493 e. The maximum absolute atomic E-state index is 12.3. The number of hydrogen-bond donors (Lipinski definition) is 0. The van der Waals surface area contributed by atoms with E-state index >= 15 is 0 Å². The van der Waals surface area contributed by atoms with Crippen molar-refractivity contribution in [1.82, 2.24) is 25.1 Å². The third kappa shape index (κ3) is 4.10. The molecule has 0 saturated heterocycles. The molecule has 0 bridgehead atoms. The molecule has 0 aliphatic heterocycles. The van der Waals surface area contributed by atoms with Crippen LogP contribution < -0.4 is 9.47 Å².